The number of aliphatic carboxylic acids is 1. The van der Waals surface area contributed by atoms with E-state index < -0.39 is 30.7 Å². The number of aliphatic hydroxyl groups is 1. The van der Waals surface area contributed by atoms with Gasteiger partial charge in [0.25, 0.3) is 0 Å². The Bertz CT molecular complexity index is 214. The van der Waals surface area contributed by atoms with Crippen molar-refractivity contribution in [1.29, 1.82) is 0 Å². The summed E-state index contributed by atoms with van der Waals surface area (Å²) in [5.74, 6) is -3.99. The van der Waals surface area contributed by atoms with Gasteiger partial charge in [-0.05, 0) is 0 Å². The number of aliphatic hydroxyl groups excluding tert-OH is 1. The minimum Gasteiger partial charge on any atom is -0.479 e. The number of alkyl halides is 3. The SMILES string of the molecule is O=C(O)C(O)CNC(=O)C(F)(F)F. The molecule has 0 aliphatic heterocycles. The largest absolute Gasteiger partial charge is 0.479 e. The minimum absolute atomic E-state index is 0.978. The number of halogens is 3. The zero-order valence-corrected chi connectivity index (χ0v) is 6.13. The van der Waals surface area contributed by atoms with E-state index >= 15 is 0 Å². The summed E-state index contributed by atoms with van der Waals surface area (Å²) in [5, 5.41) is 17.7. The molecule has 0 fully saturated rings. The van der Waals surface area contributed by atoms with Gasteiger partial charge in [-0.25, -0.2) is 4.79 Å². The van der Waals surface area contributed by atoms with Crippen molar-refractivity contribution < 1.29 is 33.0 Å². The first kappa shape index (κ1) is 11.7. The lowest BCUT2D eigenvalue weighted by Gasteiger charge is -2.09. The molecule has 0 heterocycles. The third kappa shape index (κ3) is 4.31. The summed E-state index contributed by atoms with van der Waals surface area (Å²) in [7, 11) is 0. The maximum atomic E-state index is 11.5. The van der Waals surface area contributed by atoms with Crippen LogP contribution in [0.1, 0.15) is 0 Å². The first-order chi connectivity index (χ1) is 5.75. The van der Waals surface area contributed by atoms with E-state index in [1.807, 2.05) is 0 Å². The average molecular weight is 201 g/mol. The van der Waals surface area contributed by atoms with Gasteiger partial charge in [0.2, 0.25) is 0 Å². The summed E-state index contributed by atoms with van der Waals surface area (Å²) in [5.41, 5.74) is 0. The molecule has 0 saturated carbocycles. The smallest absolute Gasteiger partial charge is 0.471 e. The molecule has 0 radical (unpaired) electrons. The highest BCUT2D eigenvalue weighted by atomic mass is 19.4. The molecular weight excluding hydrogens is 195 g/mol. The molecule has 0 saturated heterocycles. The Morgan fingerprint density at radius 2 is 1.85 bits per heavy atom. The molecule has 0 rings (SSSR count). The predicted octanol–water partition coefficient (Wildman–Crippen LogP) is -0.890. The van der Waals surface area contributed by atoms with Crippen LogP contribution in [0.25, 0.3) is 0 Å². The number of hydrogen-bond acceptors (Lipinski definition) is 3. The van der Waals surface area contributed by atoms with Gasteiger partial charge in [0.1, 0.15) is 0 Å². The van der Waals surface area contributed by atoms with E-state index in [9.17, 15) is 22.8 Å². The van der Waals surface area contributed by atoms with Crippen molar-refractivity contribution in [3.8, 4) is 0 Å². The Hall–Kier alpha value is -1.31. The van der Waals surface area contributed by atoms with Crippen molar-refractivity contribution in [1.82, 2.24) is 5.32 Å². The number of rotatable bonds is 3. The lowest BCUT2D eigenvalue weighted by molar-refractivity contribution is -0.174. The quantitative estimate of drug-likeness (QED) is 0.552. The summed E-state index contributed by atoms with van der Waals surface area (Å²) in [4.78, 5) is 19.9. The van der Waals surface area contributed by atoms with Gasteiger partial charge in [-0.15, -0.1) is 0 Å². The second-order valence-corrected chi connectivity index (χ2v) is 2.06. The molecule has 8 heteroatoms. The van der Waals surface area contributed by atoms with Gasteiger partial charge < -0.3 is 15.5 Å². The molecule has 0 aromatic carbocycles. The van der Waals surface area contributed by atoms with Gasteiger partial charge in [0.15, 0.2) is 6.10 Å². The Labute approximate surface area is 70.2 Å². The minimum atomic E-state index is -5.07. The van der Waals surface area contributed by atoms with E-state index in [2.05, 4.69) is 0 Å². The van der Waals surface area contributed by atoms with Crippen molar-refractivity contribution in [2.24, 2.45) is 0 Å². The van der Waals surface area contributed by atoms with Crippen LogP contribution in [-0.2, 0) is 9.59 Å². The van der Waals surface area contributed by atoms with E-state index in [4.69, 9.17) is 10.2 Å². The maximum absolute atomic E-state index is 11.5. The van der Waals surface area contributed by atoms with E-state index in [1.54, 1.807) is 0 Å². The van der Waals surface area contributed by atoms with Gasteiger partial charge in [-0.1, -0.05) is 0 Å². The van der Waals surface area contributed by atoms with Gasteiger partial charge >= 0.3 is 18.1 Å². The monoisotopic (exact) mass is 201 g/mol. The van der Waals surface area contributed by atoms with Gasteiger partial charge in [-0.2, -0.15) is 13.2 Å². The van der Waals surface area contributed by atoms with Crippen molar-refractivity contribution in [2.75, 3.05) is 6.54 Å². The lowest BCUT2D eigenvalue weighted by Crippen LogP contribution is -2.42. The van der Waals surface area contributed by atoms with Crippen LogP contribution >= 0.6 is 0 Å². The van der Waals surface area contributed by atoms with E-state index in [0.717, 1.165) is 0 Å². The van der Waals surface area contributed by atoms with E-state index in [1.165, 1.54) is 5.32 Å². The fraction of sp³-hybridized carbons (Fsp3) is 0.600. The van der Waals surface area contributed by atoms with Gasteiger partial charge in [0.05, 0.1) is 6.54 Å². The third-order valence-electron chi connectivity index (χ3n) is 0.998. The summed E-state index contributed by atoms with van der Waals surface area (Å²) >= 11 is 0. The highest BCUT2D eigenvalue weighted by molar-refractivity contribution is 5.82. The van der Waals surface area contributed by atoms with Crippen LogP contribution in [-0.4, -0.2) is 40.9 Å². The summed E-state index contributed by atoms with van der Waals surface area (Å²) < 4.78 is 34.4. The van der Waals surface area contributed by atoms with Crippen LogP contribution < -0.4 is 5.32 Å². The summed E-state index contributed by atoms with van der Waals surface area (Å²) in [6, 6.07) is 0. The van der Waals surface area contributed by atoms with E-state index in [-0.39, 0.29) is 0 Å². The lowest BCUT2D eigenvalue weighted by atomic mass is 10.3. The maximum Gasteiger partial charge on any atom is 0.471 e. The van der Waals surface area contributed by atoms with Crippen molar-refractivity contribution in [3.05, 3.63) is 0 Å². The highest BCUT2D eigenvalue weighted by Crippen LogP contribution is 2.13. The third-order valence-corrected chi connectivity index (χ3v) is 0.998. The molecule has 0 aliphatic carbocycles. The Balaban J connectivity index is 3.91. The molecule has 0 aromatic heterocycles. The number of nitrogens with one attached hydrogen (secondary N) is 1. The van der Waals surface area contributed by atoms with Crippen LogP contribution in [0, 0.1) is 0 Å². The molecule has 13 heavy (non-hydrogen) atoms. The van der Waals surface area contributed by atoms with Crippen molar-refractivity contribution >= 4 is 11.9 Å². The first-order valence-electron chi connectivity index (χ1n) is 3.01. The second kappa shape index (κ2) is 4.08. The van der Waals surface area contributed by atoms with Crippen molar-refractivity contribution in [3.63, 3.8) is 0 Å². The predicted molar refractivity (Wildman–Crippen MR) is 32.7 cm³/mol. The topological polar surface area (TPSA) is 86.6 Å². The van der Waals surface area contributed by atoms with Crippen LogP contribution in [0.4, 0.5) is 13.2 Å². The summed E-state index contributed by atoms with van der Waals surface area (Å²) in [6.07, 6.45) is -7.11. The van der Waals surface area contributed by atoms with Crippen LogP contribution in [0.2, 0.25) is 0 Å². The number of carboxylic acids is 1. The van der Waals surface area contributed by atoms with Gasteiger partial charge in [0, 0.05) is 0 Å². The molecule has 1 amide bonds. The molecule has 0 spiro atoms. The standard InChI is InChI=1S/C5H6F3NO4/c6-5(7,8)4(13)9-1-2(10)3(11)12/h2,10H,1H2,(H,9,13)(H,11,12). The van der Waals surface area contributed by atoms with Crippen LogP contribution in [0.15, 0.2) is 0 Å². The van der Waals surface area contributed by atoms with Crippen LogP contribution in [0.5, 0.6) is 0 Å². The Morgan fingerprint density at radius 3 is 2.15 bits per heavy atom. The fourth-order valence-corrected chi connectivity index (χ4v) is 0.377. The first-order valence-corrected chi connectivity index (χ1v) is 3.01. The highest BCUT2D eigenvalue weighted by Gasteiger charge is 2.38. The van der Waals surface area contributed by atoms with Crippen molar-refractivity contribution in [2.45, 2.75) is 12.3 Å². The number of carbonyl (C=O) groups excluding carboxylic acids is 1. The summed E-state index contributed by atoms with van der Waals surface area (Å²) in [6.45, 7) is -0.978. The fourth-order valence-electron chi connectivity index (χ4n) is 0.377. The molecule has 1 unspecified atom stereocenters. The van der Waals surface area contributed by atoms with E-state index in [0.29, 0.717) is 0 Å². The molecule has 3 N–H and O–H groups in total. The normalized spacial score (nSPS) is 13.5. The zero-order valence-electron chi connectivity index (χ0n) is 6.13. The molecular formula is C5H6F3NO4. The van der Waals surface area contributed by atoms with Crippen LogP contribution in [0.3, 0.4) is 0 Å². The number of hydrogen-bond donors (Lipinski definition) is 3. The molecule has 0 aliphatic rings. The molecule has 0 bridgehead atoms. The molecule has 76 valence electrons. The number of carbonyl (C=O) groups is 2. The molecule has 1 atom stereocenters. The number of amides is 1. The van der Waals surface area contributed by atoms with Gasteiger partial charge in [-0.3, -0.25) is 4.79 Å². The zero-order chi connectivity index (χ0) is 10.6. The average Bonchev–Trinajstić information content (AvgIpc) is 1.97. The molecule has 0 aromatic rings. The number of carboxylic acid groups (broad SMARTS) is 1. The second-order valence-electron chi connectivity index (χ2n) is 2.06. The Morgan fingerprint density at radius 1 is 1.38 bits per heavy atom. The Kier molecular flexibility index (Phi) is 3.67. The molecule has 5 nitrogen and oxygen atoms in total.